The van der Waals surface area contributed by atoms with Crippen molar-refractivity contribution in [2.45, 2.75) is 12.7 Å². The topological polar surface area (TPSA) is 97.6 Å². The summed E-state index contributed by atoms with van der Waals surface area (Å²) in [5.41, 5.74) is -1.21. The molecule has 2 rings (SSSR count). The molecular formula is C16H13F3N2O5. The van der Waals surface area contributed by atoms with Gasteiger partial charge in [0.25, 0.3) is 11.5 Å². The molecular weight excluding hydrogens is 357 g/mol. The van der Waals surface area contributed by atoms with E-state index in [1.807, 2.05) is 0 Å². The molecule has 2 N–H and O–H groups in total. The summed E-state index contributed by atoms with van der Waals surface area (Å²) < 4.78 is 43.3. The third-order valence-electron chi connectivity index (χ3n) is 3.12. The summed E-state index contributed by atoms with van der Waals surface area (Å²) in [5.74, 6) is -1.78. The zero-order chi connectivity index (χ0) is 19.3. The van der Waals surface area contributed by atoms with E-state index in [-0.39, 0.29) is 11.4 Å². The fraction of sp³-hybridized carbons (Fsp3) is 0.188. The van der Waals surface area contributed by atoms with Crippen LogP contribution in [-0.2, 0) is 22.3 Å². The number of hydrogen-bond acceptors (Lipinski definition) is 4. The molecule has 0 aliphatic heterocycles. The molecule has 0 aliphatic rings. The van der Waals surface area contributed by atoms with Crippen LogP contribution in [-0.4, -0.2) is 28.2 Å². The maximum atomic E-state index is 12.5. The molecule has 1 amide bonds. The molecule has 0 atom stereocenters. The highest BCUT2D eigenvalue weighted by molar-refractivity contribution is 5.91. The first-order valence-corrected chi connectivity index (χ1v) is 7.17. The van der Waals surface area contributed by atoms with Gasteiger partial charge in [-0.2, -0.15) is 13.2 Å². The molecule has 0 unspecified atom stereocenters. The van der Waals surface area contributed by atoms with E-state index in [2.05, 4.69) is 5.32 Å². The fourth-order valence-corrected chi connectivity index (χ4v) is 1.96. The zero-order valence-corrected chi connectivity index (χ0v) is 13.1. The fourth-order valence-electron chi connectivity index (χ4n) is 1.96. The SMILES string of the molecule is O=C(O)Cn1cc(NC(=O)COc2ccc(C(F)(F)F)cc2)ccc1=O. The van der Waals surface area contributed by atoms with E-state index in [0.29, 0.717) is 0 Å². The number of aliphatic carboxylic acids is 1. The Balaban J connectivity index is 1.95. The molecule has 0 fully saturated rings. The molecule has 0 saturated carbocycles. The highest BCUT2D eigenvalue weighted by Crippen LogP contribution is 2.30. The van der Waals surface area contributed by atoms with Gasteiger partial charge in [0.05, 0.1) is 11.3 Å². The predicted molar refractivity (Wildman–Crippen MR) is 83.9 cm³/mol. The summed E-state index contributed by atoms with van der Waals surface area (Å²) >= 11 is 0. The van der Waals surface area contributed by atoms with Crippen LogP contribution in [0.1, 0.15) is 5.56 Å². The van der Waals surface area contributed by atoms with Gasteiger partial charge in [-0.25, -0.2) is 0 Å². The number of carboxylic acids is 1. The van der Waals surface area contributed by atoms with Crippen LogP contribution in [0.15, 0.2) is 47.4 Å². The Morgan fingerprint density at radius 2 is 1.77 bits per heavy atom. The van der Waals surface area contributed by atoms with Gasteiger partial charge in [0.15, 0.2) is 6.61 Å². The molecule has 0 spiro atoms. The van der Waals surface area contributed by atoms with E-state index in [1.165, 1.54) is 6.07 Å². The van der Waals surface area contributed by atoms with Crippen LogP contribution in [0.25, 0.3) is 0 Å². The monoisotopic (exact) mass is 370 g/mol. The van der Waals surface area contributed by atoms with E-state index >= 15 is 0 Å². The van der Waals surface area contributed by atoms with Gasteiger partial charge in [-0.05, 0) is 30.3 Å². The van der Waals surface area contributed by atoms with E-state index < -0.39 is 42.3 Å². The molecule has 2 aromatic rings. The molecule has 0 bridgehead atoms. The second-order valence-electron chi connectivity index (χ2n) is 5.14. The Labute approximate surface area is 144 Å². The van der Waals surface area contributed by atoms with Crippen molar-refractivity contribution in [3.05, 3.63) is 58.5 Å². The van der Waals surface area contributed by atoms with Gasteiger partial charge in [0.1, 0.15) is 12.3 Å². The minimum Gasteiger partial charge on any atom is -0.484 e. The Morgan fingerprint density at radius 1 is 1.12 bits per heavy atom. The van der Waals surface area contributed by atoms with Crippen LogP contribution in [0.3, 0.4) is 0 Å². The first kappa shape index (κ1) is 19.0. The summed E-state index contributed by atoms with van der Waals surface area (Å²) in [4.78, 5) is 34.0. The number of nitrogens with zero attached hydrogens (tertiary/aromatic N) is 1. The largest absolute Gasteiger partial charge is 0.484 e. The third-order valence-corrected chi connectivity index (χ3v) is 3.12. The van der Waals surface area contributed by atoms with Gasteiger partial charge < -0.3 is 19.7 Å². The summed E-state index contributed by atoms with van der Waals surface area (Å²) in [6.45, 7) is -1.05. The van der Waals surface area contributed by atoms with Crippen molar-refractivity contribution in [3.63, 3.8) is 0 Å². The molecule has 0 radical (unpaired) electrons. The zero-order valence-electron chi connectivity index (χ0n) is 13.1. The molecule has 138 valence electrons. The van der Waals surface area contributed by atoms with Crippen LogP contribution in [0, 0.1) is 0 Å². The minimum atomic E-state index is -4.46. The van der Waals surface area contributed by atoms with Crippen molar-refractivity contribution in [1.29, 1.82) is 0 Å². The molecule has 1 heterocycles. The number of hydrogen-bond donors (Lipinski definition) is 2. The lowest BCUT2D eigenvalue weighted by Crippen LogP contribution is -2.25. The van der Waals surface area contributed by atoms with Gasteiger partial charge in [-0.3, -0.25) is 14.4 Å². The summed E-state index contributed by atoms with van der Waals surface area (Å²) in [6.07, 6.45) is -3.30. The Kier molecular flexibility index (Phi) is 5.65. The van der Waals surface area contributed by atoms with Crippen LogP contribution in [0.5, 0.6) is 5.75 Å². The molecule has 1 aromatic carbocycles. The number of anilines is 1. The van der Waals surface area contributed by atoms with Crippen molar-refractivity contribution < 1.29 is 32.6 Å². The van der Waals surface area contributed by atoms with Gasteiger partial charge in [-0.15, -0.1) is 0 Å². The number of carbonyl (C=O) groups is 2. The summed E-state index contributed by atoms with van der Waals surface area (Å²) in [6, 6.07) is 6.21. The second-order valence-corrected chi connectivity index (χ2v) is 5.14. The first-order chi connectivity index (χ1) is 12.1. The number of carbonyl (C=O) groups excluding carboxylic acids is 1. The summed E-state index contributed by atoms with van der Waals surface area (Å²) in [7, 11) is 0. The standard InChI is InChI=1S/C16H13F3N2O5/c17-16(18,19)10-1-4-12(5-2-10)26-9-13(22)20-11-3-6-14(23)21(7-11)8-15(24)25/h1-7H,8-9H2,(H,20,22)(H,24,25). The van der Waals surface area contributed by atoms with Crippen molar-refractivity contribution in [1.82, 2.24) is 4.57 Å². The number of amides is 1. The van der Waals surface area contributed by atoms with Crippen molar-refractivity contribution in [2.24, 2.45) is 0 Å². The minimum absolute atomic E-state index is 0.0731. The Morgan fingerprint density at radius 3 is 2.35 bits per heavy atom. The first-order valence-electron chi connectivity index (χ1n) is 7.17. The quantitative estimate of drug-likeness (QED) is 0.810. The van der Waals surface area contributed by atoms with Gasteiger partial charge in [0.2, 0.25) is 0 Å². The smallest absolute Gasteiger partial charge is 0.416 e. The Bertz CT molecular complexity index is 859. The van der Waals surface area contributed by atoms with Gasteiger partial charge >= 0.3 is 12.1 Å². The number of aromatic nitrogens is 1. The second kappa shape index (κ2) is 7.72. The molecule has 1 aromatic heterocycles. The van der Waals surface area contributed by atoms with Crippen LogP contribution in [0.2, 0.25) is 0 Å². The number of rotatable bonds is 6. The average Bonchev–Trinajstić information content (AvgIpc) is 2.55. The third kappa shape index (κ3) is 5.36. The number of alkyl halides is 3. The van der Waals surface area contributed by atoms with E-state index in [4.69, 9.17) is 9.84 Å². The van der Waals surface area contributed by atoms with Crippen LogP contribution in [0.4, 0.5) is 18.9 Å². The Hall–Kier alpha value is -3.30. The average molecular weight is 370 g/mol. The lowest BCUT2D eigenvalue weighted by Gasteiger charge is -2.10. The number of nitrogens with one attached hydrogen (secondary N) is 1. The lowest BCUT2D eigenvalue weighted by molar-refractivity contribution is -0.138. The summed E-state index contributed by atoms with van der Waals surface area (Å²) in [5, 5.41) is 11.1. The molecule has 0 aliphatic carbocycles. The van der Waals surface area contributed by atoms with E-state index in [1.54, 1.807) is 0 Å². The number of carboxylic acid groups (broad SMARTS) is 1. The molecule has 0 saturated heterocycles. The molecule has 7 nitrogen and oxygen atoms in total. The number of halogens is 3. The number of benzene rings is 1. The van der Waals surface area contributed by atoms with E-state index in [9.17, 15) is 27.6 Å². The van der Waals surface area contributed by atoms with Gasteiger partial charge in [0, 0.05) is 12.3 Å². The van der Waals surface area contributed by atoms with Crippen molar-refractivity contribution in [3.8, 4) is 5.75 Å². The predicted octanol–water partition coefficient (Wildman–Crippen LogP) is 1.97. The van der Waals surface area contributed by atoms with E-state index in [0.717, 1.165) is 41.1 Å². The normalized spacial score (nSPS) is 11.0. The van der Waals surface area contributed by atoms with Gasteiger partial charge in [-0.1, -0.05) is 0 Å². The van der Waals surface area contributed by atoms with Crippen LogP contribution < -0.4 is 15.6 Å². The number of ether oxygens (including phenoxy) is 1. The maximum absolute atomic E-state index is 12.5. The highest BCUT2D eigenvalue weighted by Gasteiger charge is 2.30. The maximum Gasteiger partial charge on any atom is 0.416 e. The highest BCUT2D eigenvalue weighted by atomic mass is 19.4. The molecule has 26 heavy (non-hydrogen) atoms. The van der Waals surface area contributed by atoms with Crippen molar-refractivity contribution in [2.75, 3.05) is 11.9 Å². The molecule has 10 heteroatoms. The number of pyridine rings is 1. The lowest BCUT2D eigenvalue weighted by atomic mass is 10.2. The van der Waals surface area contributed by atoms with Crippen molar-refractivity contribution >= 4 is 17.6 Å². The van der Waals surface area contributed by atoms with Crippen LogP contribution >= 0.6 is 0 Å².